The molecule has 1 aromatic rings. The van der Waals surface area contributed by atoms with E-state index in [1.807, 2.05) is 0 Å². The van der Waals surface area contributed by atoms with Crippen LogP contribution in [0.15, 0.2) is 12.4 Å². The van der Waals surface area contributed by atoms with Gasteiger partial charge < -0.3 is 9.84 Å². The molecule has 1 heterocycles. The summed E-state index contributed by atoms with van der Waals surface area (Å²) >= 11 is 0. The number of ether oxygens (including phenoxy) is 1. The van der Waals surface area contributed by atoms with Gasteiger partial charge in [-0.1, -0.05) is 0 Å². The van der Waals surface area contributed by atoms with Gasteiger partial charge in [-0.05, 0) is 37.2 Å². The van der Waals surface area contributed by atoms with Crippen molar-refractivity contribution in [1.29, 1.82) is 0 Å². The molecular weight excluding hydrogens is 223 g/mol. The molecule has 17 heavy (non-hydrogen) atoms. The van der Waals surface area contributed by atoms with Crippen LogP contribution in [0.25, 0.3) is 0 Å². The average molecular weight is 240 g/mol. The number of aliphatic hydroxyl groups is 1. The molecule has 94 valence electrons. The van der Waals surface area contributed by atoms with Gasteiger partial charge >= 0.3 is 6.08 Å². The fraction of sp³-hybridized carbons (Fsp3) is 0.667. The first-order chi connectivity index (χ1) is 8.20. The first-order valence-electron chi connectivity index (χ1n) is 5.89. The van der Waals surface area contributed by atoms with Gasteiger partial charge in [-0.2, -0.15) is 4.39 Å². The predicted molar refractivity (Wildman–Crippen MR) is 59.7 cm³/mol. The third-order valence-electron chi connectivity index (χ3n) is 3.53. The molecule has 1 N–H and O–H groups in total. The molecule has 0 aliphatic heterocycles. The normalized spacial score (nSPS) is 26.8. The minimum atomic E-state index is -0.683. The molecule has 2 rings (SSSR count). The second-order valence-corrected chi connectivity index (χ2v) is 4.52. The average Bonchev–Trinajstić information content (AvgIpc) is 2.39. The van der Waals surface area contributed by atoms with E-state index in [1.165, 1.54) is 7.11 Å². The number of hydrogen-bond donors (Lipinski definition) is 1. The van der Waals surface area contributed by atoms with Crippen LogP contribution in [0.5, 0.6) is 0 Å². The fourth-order valence-corrected chi connectivity index (χ4v) is 2.46. The molecule has 1 unspecified atom stereocenters. The molecule has 1 aliphatic rings. The molecule has 1 saturated carbocycles. The lowest BCUT2D eigenvalue weighted by atomic mass is 9.79. The van der Waals surface area contributed by atoms with E-state index in [0.717, 1.165) is 31.2 Å². The first-order valence-corrected chi connectivity index (χ1v) is 5.89. The maximum absolute atomic E-state index is 12.6. The second-order valence-electron chi connectivity index (χ2n) is 4.52. The highest BCUT2D eigenvalue weighted by atomic mass is 19.1. The van der Waals surface area contributed by atoms with Gasteiger partial charge in [-0.3, -0.25) is 0 Å². The van der Waals surface area contributed by atoms with Gasteiger partial charge in [0.15, 0.2) is 6.29 Å². The monoisotopic (exact) mass is 240 g/mol. The molecule has 1 aliphatic carbocycles. The SMILES string of the molecule is COC(O)C1CCC(c2cnc(F)nc2)CC1. The lowest BCUT2D eigenvalue weighted by molar-refractivity contribution is -0.121. The van der Waals surface area contributed by atoms with Crippen LogP contribution in [0.2, 0.25) is 0 Å². The van der Waals surface area contributed by atoms with Crippen molar-refractivity contribution >= 4 is 0 Å². The highest BCUT2D eigenvalue weighted by Crippen LogP contribution is 2.36. The summed E-state index contributed by atoms with van der Waals surface area (Å²) < 4.78 is 17.5. The van der Waals surface area contributed by atoms with Crippen LogP contribution in [-0.2, 0) is 4.74 Å². The van der Waals surface area contributed by atoms with E-state index in [1.54, 1.807) is 12.4 Å². The molecule has 0 aromatic carbocycles. The molecule has 1 fully saturated rings. The van der Waals surface area contributed by atoms with E-state index in [-0.39, 0.29) is 5.92 Å². The Morgan fingerprint density at radius 2 is 1.88 bits per heavy atom. The van der Waals surface area contributed by atoms with E-state index in [9.17, 15) is 9.50 Å². The van der Waals surface area contributed by atoms with Gasteiger partial charge in [-0.25, -0.2) is 9.97 Å². The number of rotatable bonds is 3. The summed E-state index contributed by atoms with van der Waals surface area (Å²) in [5.74, 6) is 0.577. The summed E-state index contributed by atoms with van der Waals surface area (Å²) in [5, 5.41) is 9.58. The van der Waals surface area contributed by atoms with Crippen LogP contribution in [0, 0.1) is 12.0 Å². The molecular formula is C12H17FN2O2. The zero-order chi connectivity index (χ0) is 12.3. The minimum absolute atomic E-state index is 0.206. The highest BCUT2D eigenvalue weighted by molar-refractivity contribution is 5.11. The van der Waals surface area contributed by atoms with Crippen molar-refractivity contribution in [1.82, 2.24) is 9.97 Å². The molecule has 1 aromatic heterocycles. The standard InChI is InChI=1S/C12H17FN2O2/c1-17-11(16)9-4-2-8(3-5-9)10-6-14-12(13)15-7-10/h6-9,11,16H,2-5H2,1H3. The third kappa shape index (κ3) is 2.98. The molecule has 1 atom stereocenters. The molecule has 0 radical (unpaired) electrons. The largest absolute Gasteiger partial charge is 0.368 e. The Hall–Kier alpha value is -1.07. The van der Waals surface area contributed by atoms with Crippen LogP contribution >= 0.6 is 0 Å². The highest BCUT2D eigenvalue weighted by Gasteiger charge is 2.27. The molecule has 4 nitrogen and oxygen atoms in total. The Bertz CT molecular complexity index is 350. The number of aromatic nitrogens is 2. The van der Waals surface area contributed by atoms with Crippen molar-refractivity contribution in [2.24, 2.45) is 5.92 Å². The van der Waals surface area contributed by atoms with Gasteiger partial charge in [0.2, 0.25) is 0 Å². The van der Waals surface area contributed by atoms with E-state index < -0.39 is 12.4 Å². The summed E-state index contributed by atoms with van der Waals surface area (Å²) in [4.78, 5) is 7.15. The van der Waals surface area contributed by atoms with Gasteiger partial charge in [0.25, 0.3) is 0 Å². The number of hydrogen-bond acceptors (Lipinski definition) is 4. The minimum Gasteiger partial charge on any atom is -0.368 e. The third-order valence-corrected chi connectivity index (χ3v) is 3.53. The van der Waals surface area contributed by atoms with E-state index in [4.69, 9.17) is 4.74 Å². The zero-order valence-electron chi connectivity index (χ0n) is 9.84. The van der Waals surface area contributed by atoms with Crippen molar-refractivity contribution in [2.45, 2.75) is 37.9 Å². The topological polar surface area (TPSA) is 55.2 Å². The summed E-state index contributed by atoms with van der Waals surface area (Å²) in [6.45, 7) is 0. The molecule has 0 amide bonds. The number of nitrogens with zero attached hydrogens (tertiary/aromatic N) is 2. The van der Waals surface area contributed by atoms with Crippen molar-refractivity contribution < 1.29 is 14.2 Å². The maximum atomic E-state index is 12.6. The van der Waals surface area contributed by atoms with Gasteiger partial charge in [-0.15, -0.1) is 0 Å². The van der Waals surface area contributed by atoms with Crippen LogP contribution in [0.3, 0.4) is 0 Å². The van der Waals surface area contributed by atoms with Crippen LogP contribution in [-0.4, -0.2) is 28.5 Å². The van der Waals surface area contributed by atoms with E-state index in [2.05, 4.69) is 9.97 Å². The van der Waals surface area contributed by atoms with Crippen molar-refractivity contribution in [3.8, 4) is 0 Å². The summed E-state index contributed by atoms with van der Waals surface area (Å²) in [6, 6.07) is 0. The summed E-state index contributed by atoms with van der Waals surface area (Å²) in [5.41, 5.74) is 0.983. The Morgan fingerprint density at radius 3 is 2.41 bits per heavy atom. The Kier molecular flexibility index (Phi) is 4.02. The van der Waals surface area contributed by atoms with Crippen LogP contribution in [0.1, 0.15) is 37.2 Å². The number of aliphatic hydroxyl groups excluding tert-OH is 1. The predicted octanol–water partition coefficient (Wildman–Crippen LogP) is 1.85. The fourth-order valence-electron chi connectivity index (χ4n) is 2.46. The number of methoxy groups -OCH3 is 1. The number of halogens is 1. The first kappa shape index (κ1) is 12.4. The lowest BCUT2D eigenvalue weighted by Gasteiger charge is -2.30. The lowest BCUT2D eigenvalue weighted by Crippen LogP contribution is -2.26. The Labute approximate surface area is 99.9 Å². The smallest absolute Gasteiger partial charge is 0.308 e. The summed E-state index contributed by atoms with van der Waals surface area (Å²) in [6.07, 6.45) is 5.51. The van der Waals surface area contributed by atoms with Gasteiger partial charge in [0.1, 0.15) is 0 Å². The van der Waals surface area contributed by atoms with E-state index in [0.29, 0.717) is 5.92 Å². The molecule has 0 saturated heterocycles. The van der Waals surface area contributed by atoms with Crippen LogP contribution < -0.4 is 0 Å². The van der Waals surface area contributed by atoms with Crippen molar-refractivity contribution in [3.05, 3.63) is 24.0 Å². The Morgan fingerprint density at radius 1 is 1.29 bits per heavy atom. The maximum Gasteiger partial charge on any atom is 0.308 e. The molecule has 0 spiro atoms. The molecule has 5 heteroatoms. The quantitative estimate of drug-likeness (QED) is 0.647. The van der Waals surface area contributed by atoms with Gasteiger partial charge in [0, 0.05) is 25.4 Å². The Balaban J connectivity index is 1.93. The zero-order valence-corrected chi connectivity index (χ0v) is 9.84. The second kappa shape index (κ2) is 5.51. The van der Waals surface area contributed by atoms with Crippen molar-refractivity contribution in [2.75, 3.05) is 7.11 Å². The van der Waals surface area contributed by atoms with Crippen LogP contribution in [0.4, 0.5) is 4.39 Å². The summed E-state index contributed by atoms with van der Waals surface area (Å²) in [7, 11) is 1.52. The molecule has 0 bridgehead atoms. The van der Waals surface area contributed by atoms with Gasteiger partial charge in [0.05, 0.1) is 0 Å². The van der Waals surface area contributed by atoms with E-state index >= 15 is 0 Å². The van der Waals surface area contributed by atoms with Crippen molar-refractivity contribution in [3.63, 3.8) is 0 Å².